The van der Waals surface area contributed by atoms with Crippen LogP contribution in [0, 0.1) is 18.8 Å². The number of H-pyrrole nitrogens is 1. The number of ether oxygens (including phenoxy) is 1. The summed E-state index contributed by atoms with van der Waals surface area (Å²) in [6, 6.07) is 9.91. The molecule has 1 aliphatic heterocycles. The van der Waals surface area contributed by atoms with Gasteiger partial charge in [0.05, 0.1) is 17.5 Å². The van der Waals surface area contributed by atoms with Gasteiger partial charge in [0.25, 0.3) is 0 Å². The van der Waals surface area contributed by atoms with Crippen LogP contribution in [-0.4, -0.2) is 28.8 Å². The number of anilines is 1. The van der Waals surface area contributed by atoms with Crippen molar-refractivity contribution in [1.29, 1.82) is 0 Å². The van der Waals surface area contributed by atoms with E-state index in [1.165, 1.54) is 0 Å². The Morgan fingerprint density at radius 1 is 1.36 bits per heavy atom. The number of aromatic nitrogens is 2. The molecule has 0 bridgehead atoms. The van der Waals surface area contributed by atoms with Gasteiger partial charge in [0.15, 0.2) is 0 Å². The molecule has 2 aromatic rings. The van der Waals surface area contributed by atoms with Gasteiger partial charge in [0.2, 0.25) is 5.91 Å². The van der Waals surface area contributed by atoms with Crippen LogP contribution in [0.15, 0.2) is 30.3 Å². The van der Waals surface area contributed by atoms with Crippen LogP contribution in [0.4, 0.5) is 5.69 Å². The predicted octanol–water partition coefficient (Wildman–Crippen LogP) is 4.16. The maximum absolute atomic E-state index is 12.6. The molecule has 0 radical (unpaired) electrons. The summed E-state index contributed by atoms with van der Waals surface area (Å²) < 4.78 is 5.81. The summed E-state index contributed by atoms with van der Waals surface area (Å²) in [6.07, 6.45) is 2.71. The molecule has 2 unspecified atom stereocenters. The Kier molecular flexibility index (Phi) is 5.53. The van der Waals surface area contributed by atoms with Gasteiger partial charge in [0, 0.05) is 18.6 Å². The lowest BCUT2D eigenvalue weighted by Crippen LogP contribution is -2.31. The van der Waals surface area contributed by atoms with Gasteiger partial charge in [-0.05, 0) is 31.6 Å². The number of nitrogens with one attached hydrogen (secondary N) is 2. The van der Waals surface area contributed by atoms with Gasteiger partial charge in [-0.15, -0.1) is 0 Å². The maximum Gasteiger partial charge on any atom is 0.224 e. The lowest BCUT2D eigenvalue weighted by Gasteiger charge is -2.31. The van der Waals surface area contributed by atoms with E-state index in [0.717, 1.165) is 42.1 Å². The number of benzene rings is 1. The van der Waals surface area contributed by atoms with Gasteiger partial charge in [0.1, 0.15) is 5.69 Å². The molecule has 3 rings (SSSR count). The number of aryl methyl sites for hydroxylation is 1. The smallest absolute Gasteiger partial charge is 0.224 e. The molecule has 1 aromatic heterocycles. The molecule has 1 fully saturated rings. The maximum atomic E-state index is 12.6. The molecule has 1 saturated heterocycles. The van der Waals surface area contributed by atoms with E-state index in [4.69, 9.17) is 4.74 Å². The molecule has 0 saturated carbocycles. The third-order valence-corrected chi connectivity index (χ3v) is 4.90. The van der Waals surface area contributed by atoms with E-state index in [9.17, 15) is 4.79 Å². The van der Waals surface area contributed by atoms with Crippen molar-refractivity contribution in [1.82, 2.24) is 10.2 Å². The van der Waals surface area contributed by atoms with Crippen molar-refractivity contribution in [3.63, 3.8) is 0 Å². The second kappa shape index (κ2) is 7.83. The zero-order valence-corrected chi connectivity index (χ0v) is 15.2. The molecule has 1 aromatic carbocycles. The van der Waals surface area contributed by atoms with Crippen molar-refractivity contribution in [2.45, 2.75) is 46.1 Å². The molecule has 1 amide bonds. The number of carbonyl (C=O) groups is 1. The summed E-state index contributed by atoms with van der Waals surface area (Å²) in [5, 5.41) is 10.4. The summed E-state index contributed by atoms with van der Waals surface area (Å²) in [7, 11) is 0. The normalized spacial score (nSPS) is 20.6. The summed E-state index contributed by atoms with van der Waals surface area (Å²) >= 11 is 0. The van der Waals surface area contributed by atoms with E-state index in [1.807, 2.05) is 37.3 Å². The highest BCUT2D eigenvalue weighted by atomic mass is 16.5. The first kappa shape index (κ1) is 17.7. The SMILES string of the molecule is Cc1[nH]nc(-c2ccccc2)c1NC(=O)CC1CCOC(C(C)C)C1. The van der Waals surface area contributed by atoms with Crippen LogP contribution in [0.1, 0.15) is 38.8 Å². The van der Waals surface area contributed by atoms with E-state index in [1.54, 1.807) is 0 Å². The van der Waals surface area contributed by atoms with Crippen LogP contribution in [0.2, 0.25) is 0 Å². The molecule has 0 spiro atoms. The zero-order chi connectivity index (χ0) is 17.8. The van der Waals surface area contributed by atoms with E-state index in [0.29, 0.717) is 18.3 Å². The number of aromatic amines is 1. The van der Waals surface area contributed by atoms with Gasteiger partial charge in [-0.3, -0.25) is 9.89 Å². The van der Waals surface area contributed by atoms with E-state index in [2.05, 4.69) is 29.4 Å². The average Bonchev–Trinajstić information content (AvgIpc) is 2.96. The first-order valence-electron chi connectivity index (χ1n) is 9.06. The average molecular weight is 341 g/mol. The molecule has 2 atom stereocenters. The molecule has 134 valence electrons. The number of nitrogens with zero attached hydrogens (tertiary/aromatic N) is 1. The minimum Gasteiger partial charge on any atom is -0.378 e. The molecule has 2 N–H and O–H groups in total. The van der Waals surface area contributed by atoms with Crippen LogP contribution in [0.5, 0.6) is 0 Å². The van der Waals surface area contributed by atoms with Crippen LogP contribution in [0.3, 0.4) is 0 Å². The second-order valence-corrected chi connectivity index (χ2v) is 7.23. The van der Waals surface area contributed by atoms with Gasteiger partial charge < -0.3 is 10.1 Å². The van der Waals surface area contributed by atoms with Crippen LogP contribution in [0.25, 0.3) is 11.3 Å². The fourth-order valence-corrected chi connectivity index (χ4v) is 3.39. The summed E-state index contributed by atoms with van der Waals surface area (Å²) in [6.45, 7) is 7.03. The summed E-state index contributed by atoms with van der Waals surface area (Å²) in [5.74, 6) is 0.927. The Balaban J connectivity index is 1.67. The van der Waals surface area contributed by atoms with Crippen molar-refractivity contribution in [3.8, 4) is 11.3 Å². The molecule has 5 nitrogen and oxygen atoms in total. The Bertz CT molecular complexity index is 709. The minimum absolute atomic E-state index is 0.0519. The highest BCUT2D eigenvalue weighted by molar-refractivity contribution is 5.95. The van der Waals surface area contributed by atoms with Gasteiger partial charge >= 0.3 is 0 Å². The topological polar surface area (TPSA) is 67.0 Å². The van der Waals surface area contributed by atoms with Gasteiger partial charge in [-0.1, -0.05) is 44.2 Å². The van der Waals surface area contributed by atoms with E-state index < -0.39 is 0 Å². The molecule has 25 heavy (non-hydrogen) atoms. The van der Waals surface area contributed by atoms with Crippen LogP contribution in [-0.2, 0) is 9.53 Å². The highest BCUT2D eigenvalue weighted by Crippen LogP contribution is 2.30. The monoisotopic (exact) mass is 341 g/mol. The largest absolute Gasteiger partial charge is 0.378 e. The van der Waals surface area contributed by atoms with Crippen molar-refractivity contribution < 1.29 is 9.53 Å². The lowest BCUT2D eigenvalue weighted by atomic mass is 9.88. The Hall–Kier alpha value is -2.14. The lowest BCUT2D eigenvalue weighted by molar-refractivity contribution is -0.118. The van der Waals surface area contributed by atoms with Gasteiger partial charge in [-0.25, -0.2) is 0 Å². The minimum atomic E-state index is 0.0519. The number of hydrogen-bond acceptors (Lipinski definition) is 3. The Morgan fingerprint density at radius 2 is 2.12 bits per heavy atom. The Labute approximate surface area is 149 Å². The fourth-order valence-electron chi connectivity index (χ4n) is 3.39. The molecule has 1 aliphatic rings. The quantitative estimate of drug-likeness (QED) is 0.858. The fraction of sp³-hybridized carbons (Fsp3) is 0.500. The summed E-state index contributed by atoms with van der Waals surface area (Å²) in [4.78, 5) is 12.6. The highest BCUT2D eigenvalue weighted by Gasteiger charge is 2.27. The molecule has 2 heterocycles. The van der Waals surface area contributed by atoms with Crippen molar-refractivity contribution in [2.75, 3.05) is 11.9 Å². The van der Waals surface area contributed by atoms with E-state index >= 15 is 0 Å². The molecular weight excluding hydrogens is 314 g/mol. The van der Waals surface area contributed by atoms with Crippen molar-refractivity contribution in [2.24, 2.45) is 11.8 Å². The third kappa shape index (κ3) is 4.28. The molecular formula is C20H27N3O2. The number of rotatable bonds is 5. The third-order valence-electron chi connectivity index (χ3n) is 4.90. The number of amides is 1. The van der Waals surface area contributed by atoms with Crippen molar-refractivity contribution >= 4 is 11.6 Å². The summed E-state index contributed by atoms with van der Waals surface area (Å²) in [5.41, 5.74) is 3.44. The predicted molar refractivity (Wildman–Crippen MR) is 99.3 cm³/mol. The van der Waals surface area contributed by atoms with E-state index in [-0.39, 0.29) is 12.0 Å². The Morgan fingerprint density at radius 3 is 2.84 bits per heavy atom. The van der Waals surface area contributed by atoms with Crippen LogP contribution < -0.4 is 5.32 Å². The number of hydrogen-bond donors (Lipinski definition) is 2. The van der Waals surface area contributed by atoms with Crippen LogP contribution >= 0.6 is 0 Å². The van der Waals surface area contributed by atoms with Gasteiger partial charge in [-0.2, -0.15) is 5.10 Å². The first-order chi connectivity index (χ1) is 12.0. The molecule has 5 heteroatoms. The standard InChI is InChI=1S/C20H27N3O2/c1-13(2)17-11-15(9-10-25-17)12-18(24)21-19-14(3)22-23-20(19)16-7-5-4-6-8-16/h4-8,13,15,17H,9-12H2,1-3H3,(H,21,24)(H,22,23). The van der Waals surface area contributed by atoms with Crippen molar-refractivity contribution in [3.05, 3.63) is 36.0 Å². The molecule has 0 aliphatic carbocycles. The number of carbonyl (C=O) groups excluding carboxylic acids is 1. The zero-order valence-electron chi connectivity index (χ0n) is 15.2. The first-order valence-corrected chi connectivity index (χ1v) is 9.06. The second-order valence-electron chi connectivity index (χ2n) is 7.23.